The van der Waals surface area contributed by atoms with E-state index >= 15 is 0 Å². The number of nitrogens with zero attached hydrogens (tertiary/aromatic N) is 1. The van der Waals surface area contributed by atoms with E-state index in [2.05, 4.69) is 18.9 Å². The van der Waals surface area contributed by atoms with Crippen molar-refractivity contribution in [3.8, 4) is 0 Å². The minimum atomic E-state index is 0. The van der Waals surface area contributed by atoms with Crippen LogP contribution in [-0.4, -0.2) is 25.0 Å². The highest BCUT2D eigenvalue weighted by molar-refractivity contribution is 5.85. The van der Waals surface area contributed by atoms with Gasteiger partial charge < -0.3 is 4.90 Å². The Labute approximate surface area is 57.5 Å². The van der Waals surface area contributed by atoms with Crippen LogP contribution in [0, 0.1) is 5.92 Å². The number of halogens is 1. The third-order valence-corrected chi connectivity index (χ3v) is 1.63. The summed E-state index contributed by atoms with van der Waals surface area (Å²) in [6.45, 7) is 4.92. The molecule has 0 spiro atoms. The molecule has 0 radical (unpaired) electrons. The van der Waals surface area contributed by atoms with Gasteiger partial charge in [-0.25, -0.2) is 0 Å². The first-order valence-electron chi connectivity index (χ1n) is 2.97. The second-order valence-corrected chi connectivity index (χ2v) is 2.66. The van der Waals surface area contributed by atoms with Crippen molar-refractivity contribution < 1.29 is 0 Å². The van der Waals surface area contributed by atoms with Crippen molar-refractivity contribution in [2.45, 2.75) is 13.3 Å². The van der Waals surface area contributed by atoms with E-state index in [9.17, 15) is 0 Å². The Hall–Kier alpha value is 0.250. The van der Waals surface area contributed by atoms with E-state index in [1.54, 1.807) is 0 Å². The van der Waals surface area contributed by atoms with Crippen LogP contribution in [0.4, 0.5) is 0 Å². The number of rotatable bonds is 0. The monoisotopic (exact) mass is 135 g/mol. The van der Waals surface area contributed by atoms with E-state index in [1.807, 2.05) is 0 Å². The van der Waals surface area contributed by atoms with Gasteiger partial charge in [-0.15, -0.1) is 12.4 Å². The Bertz CT molecular complexity index is 57.5. The summed E-state index contributed by atoms with van der Waals surface area (Å²) < 4.78 is 0. The van der Waals surface area contributed by atoms with Crippen molar-refractivity contribution >= 4 is 12.4 Å². The maximum Gasteiger partial charge on any atom is 0.000445 e. The Morgan fingerprint density at radius 3 is 2.25 bits per heavy atom. The molecule has 0 saturated carbocycles. The quantitative estimate of drug-likeness (QED) is 0.485. The molecule has 0 aliphatic carbocycles. The van der Waals surface area contributed by atoms with Crippen LogP contribution in [0.15, 0.2) is 0 Å². The second-order valence-electron chi connectivity index (χ2n) is 2.66. The summed E-state index contributed by atoms with van der Waals surface area (Å²) in [4.78, 5) is 2.38. The maximum atomic E-state index is 2.38. The Morgan fingerprint density at radius 1 is 1.50 bits per heavy atom. The van der Waals surface area contributed by atoms with E-state index in [-0.39, 0.29) is 12.4 Å². The second kappa shape index (κ2) is 3.31. The van der Waals surface area contributed by atoms with E-state index in [4.69, 9.17) is 0 Å². The van der Waals surface area contributed by atoms with Crippen LogP contribution in [0.5, 0.6) is 0 Å². The molecule has 2 heteroatoms. The van der Waals surface area contributed by atoms with Crippen molar-refractivity contribution in [2.75, 3.05) is 20.1 Å². The highest BCUT2D eigenvalue weighted by atomic mass is 35.5. The molecule has 0 N–H and O–H groups in total. The Kier molecular flexibility index (Phi) is 3.41. The molecule has 1 fully saturated rings. The third kappa shape index (κ3) is 2.01. The lowest BCUT2D eigenvalue weighted by molar-refractivity contribution is 0.402. The molecule has 1 nitrogen and oxygen atoms in total. The van der Waals surface area contributed by atoms with Gasteiger partial charge in [0.15, 0.2) is 0 Å². The standard InChI is InChI=1S/C6H13N.ClH/c1-6-3-4-7(2)5-6;/h6H,3-5H2,1-2H3;1H. The topological polar surface area (TPSA) is 3.24 Å². The molecule has 0 aromatic heterocycles. The van der Waals surface area contributed by atoms with E-state index < -0.39 is 0 Å². The zero-order valence-electron chi connectivity index (χ0n) is 5.55. The zero-order chi connectivity index (χ0) is 5.28. The van der Waals surface area contributed by atoms with Crippen molar-refractivity contribution in [1.82, 2.24) is 4.90 Å². The molecule has 1 heterocycles. The van der Waals surface area contributed by atoms with E-state index in [0.717, 1.165) is 5.92 Å². The minimum absolute atomic E-state index is 0. The van der Waals surface area contributed by atoms with Crippen LogP contribution < -0.4 is 0 Å². The molecule has 1 atom stereocenters. The van der Waals surface area contributed by atoms with Crippen molar-refractivity contribution in [3.63, 3.8) is 0 Å². The summed E-state index contributed by atoms with van der Waals surface area (Å²) in [5.74, 6) is 0.949. The highest BCUT2D eigenvalue weighted by Crippen LogP contribution is 2.11. The lowest BCUT2D eigenvalue weighted by Crippen LogP contribution is -2.12. The van der Waals surface area contributed by atoms with Gasteiger partial charge in [-0.05, 0) is 25.9 Å². The number of hydrogen-bond acceptors (Lipinski definition) is 1. The fourth-order valence-electron chi connectivity index (χ4n) is 1.16. The maximum absolute atomic E-state index is 2.38. The SMILES string of the molecule is CC1CCN(C)C1.Cl. The smallest absolute Gasteiger partial charge is 0.000445 e. The zero-order valence-corrected chi connectivity index (χ0v) is 6.37. The van der Waals surface area contributed by atoms with Gasteiger partial charge in [-0.1, -0.05) is 6.92 Å². The van der Waals surface area contributed by atoms with Crippen LogP contribution in [0.1, 0.15) is 13.3 Å². The van der Waals surface area contributed by atoms with Gasteiger partial charge in [-0.2, -0.15) is 0 Å². The van der Waals surface area contributed by atoms with Crippen molar-refractivity contribution in [1.29, 1.82) is 0 Å². The van der Waals surface area contributed by atoms with Gasteiger partial charge in [0.05, 0.1) is 0 Å². The molecule has 1 saturated heterocycles. The first-order valence-corrected chi connectivity index (χ1v) is 2.97. The van der Waals surface area contributed by atoms with Gasteiger partial charge in [0.2, 0.25) is 0 Å². The predicted molar refractivity (Wildman–Crippen MR) is 38.5 cm³/mol. The van der Waals surface area contributed by atoms with Gasteiger partial charge in [0, 0.05) is 6.54 Å². The van der Waals surface area contributed by atoms with Gasteiger partial charge in [0.1, 0.15) is 0 Å². The molecule has 0 aromatic rings. The number of likely N-dealkylation sites (tertiary alicyclic amines) is 1. The lowest BCUT2D eigenvalue weighted by Gasteiger charge is -2.03. The predicted octanol–water partition coefficient (Wildman–Crippen LogP) is 1.38. The fraction of sp³-hybridized carbons (Fsp3) is 1.00. The summed E-state index contributed by atoms with van der Waals surface area (Å²) in [7, 11) is 2.18. The summed E-state index contributed by atoms with van der Waals surface area (Å²) >= 11 is 0. The summed E-state index contributed by atoms with van der Waals surface area (Å²) in [6, 6.07) is 0. The molecule has 1 aliphatic rings. The van der Waals surface area contributed by atoms with Crippen LogP contribution >= 0.6 is 12.4 Å². The Balaban J connectivity index is 0.000000490. The molecule has 8 heavy (non-hydrogen) atoms. The highest BCUT2D eigenvalue weighted by Gasteiger charge is 2.13. The summed E-state index contributed by atoms with van der Waals surface area (Å²) in [5.41, 5.74) is 0. The first kappa shape index (κ1) is 8.25. The molecule has 0 bridgehead atoms. The van der Waals surface area contributed by atoms with Gasteiger partial charge in [0.25, 0.3) is 0 Å². The lowest BCUT2D eigenvalue weighted by atomic mass is 10.2. The molecule has 1 rings (SSSR count). The van der Waals surface area contributed by atoms with Crippen LogP contribution in [0.3, 0.4) is 0 Å². The molecule has 0 aromatic carbocycles. The van der Waals surface area contributed by atoms with Crippen LogP contribution in [0.25, 0.3) is 0 Å². The minimum Gasteiger partial charge on any atom is -0.306 e. The average Bonchev–Trinajstić information content (AvgIpc) is 1.87. The third-order valence-electron chi connectivity index (χ3n) is 1.63. The van der Waals surface area contributed by atoms with E-state index in [1.165, 1.54) is 19.5 Å². The van der Waals surface area contributed by atoms with Gasteiger partial charge >= 0.3 is 0 Å². The number of hydrogen-bond donors (Lipinski definition) is 0. The first-order chi connectivity index (χ1) is 3.29. The largest absolute Gasteiger partial charge is 0.306 e. The normalized spacial score (nSPS) is 30.0. The molecule has 50 valence electrons. The van der Waals surface area contributed by atoms with E-state index in [0.29, 0.717) is 0 Å². The fourth-order valence-corrected chi connectivity index (χ4v) is 1.16. The van der Waals surface area contributed by atoms with Crippen molar-refractivity contribution in [2.24, 2.45) is 5.92 Å². The van der Waals surface area contributed by atoms with Crippen molar-refractivity contribution in [3.05, 3.63) is 0 Å². The molecule has 0 amide bonds. The molecular weight excluding hydrogens is 122 g/mol. The molecular formula is C6H14ClN. The van der Waals surface area contributed by atoms with Gasteiger partial charge in [-0.3, -0.25) is 0 Å². The van der Waals surface area contributed by atoms with Crippen LogP contribution in [0.2, 0.25) is 0 Å². The molecule has 1 unspecified atom stereocenters. The average molecular weight is 136 g/mol. The Morgan fingerprint density at radius 2 is 2.12 bits per heavy atom. The summed E-state index contributed by atoms with van der Waals surface area (Å²) in [5, 5.41) is 0. The summed E-state index contributed by atoms with van der Waals surface area (Å²) in [6.07, 6.45) is 1.40. The van der Waals surface area contributed by atoms with Crippen LogP contribution in [-0.2, 0) is 0 Å². The molecule has 1 aliphatic heterocycles.